The molecule has 0 rings (SSSR count). The van der Waals surface area contributed by atoms with Crippen LogP contribution in [0.1, 0.15) is 0 Å². The van der Waals surface area contributed by atoms with Gasteiger partial charge in [-0.05, 0) is 0 Å². The summed E-state index contributed by atoms with van der Waals surface area (Å²) in [6.45, 7) is 0. The molecule has 0 bridgehead atoms. The molecule has 4 N–H and O–H groups in total. The van der Waals surface area contributed by atoms with Crippen LogP contribution in [0.3, 0.4) is 0 Å². The summed E-state index contributed by atoms with van der Waals surface area (Å²) in [7, 11) is 0.973. The number of hydrogen-bond acceptors (Lipinski definition) is 7. The minimum absolute atomic E-state index is 0.0299. The summed E-state index contributed by atoms with van der Waals surface area (Å²) < 4.78 is 4.07. The minimum Gasteiger partial charge on any atom is -0.467 e. The van der Waals surface area contributed by atoms with E-state index in [1.165, 1.54) is 0 Å². The van der Waals surface area contributed by atoms with Gasteiger partial charge in [0.2, 0.25) is 0 Å². The Balaban J connectivity index is 4.37. The van der Waals surface area contributed by atoms with Gasteiger partial charge in [-0.3, -0.25) is 0 Å². The van der Waals surface area contributed by atoms with Gasteiger partial charge in [-0.1, -0.05) is 0 Å². The maximum atomic E-state index is 10.7. The van der Waals surface area contributed by atoms with Crippen LogP contribution in [0.4, 0.5) is 0 Å². The van der Waals surface area contributed by atoms with Crippen LogP contribution in [-0.2, 0) is 14.3 Å². The van der Waals surface area contributed by atoms with E-state index in [-0.39, 0.29) is 6.29 Å². The summed E-state index contributed by atoms with van der Waals surface area (Å²) in [6.07, 6.45) is -7.84. The molecule has 0 amide bonds. The van der Waals surface area contributed by atoms with Crippen LogP contribution in [0, 0.1) is 0 Å². The molecular formula is C7H12O7. The standard InChI is InChI=1S/C7H12O7/c1-14-7(13)6(12)5(11)4(10)3(9)2-8/h2-6,9-12H,1H3/t3-,4-,5-,6+/m1/s1. The van der Waals surface area contributed by atoms with E-state index in [1.54, 1.807) is 0 Å². The lowest BCUT2D eigenvalue weighted by Crippen LogP contribution is -2.48. The molecule has 4 atom stereocenters. The van der Waals surface area contributed by atoms with E-state index in [2.05, 4.69) is 4.74 Å². The van der Waals surface area contributed by atoms with Crippen molar-refractivity contribution in [2.75, 3.05) is 7.11 Å². The van der Waals surface area contributed by atoms with Crippen molar-refractivity contribution in [1.29, 1.82) is 0 Å². The molecule has 14 heavy (non-hydrogen) atoms. The lowest BCUT2D eigenvalue weighted by atomic mass is 10.0. The van der Waals surface area contributed by atoms with Gasteiger partial charge < -0.3 is 30.0 Å². The molecule has 0 aromatic heterocycles. The van der Waals surface area contributed by atoms with Crippen LogP contribution in [-0.4, -0.2) is 64.2 Å². The van der Waals surface area contributed by atoms with Gasteiger partial charge in [0.25, 0.3) is 0 Å². The van der Waals surface area contributed by atoms with Crippen molar-refractivity contribution < 1.29 is 34.8 Å². The van der Waals surface area contributed by atoms with E-state index in [9.17, 15) is 9.59 Å². The number of esters is 1. The maximum Gasteiger partial charge on any atom is 0.337 e. The van der Waals surface area contributed by atoms with Crippen LogP contribution in [0.5, 0.6) is 0 Å². The zero-order valence-corrected chi connectivity index (χ0v) is 7.40. The molecule has 0 saturated carbocycles. The molecule has 0 fully saturated rings. The first kappa shape index (κ1) is 13.0. The Morgan fingerprint density at radius 1 is 1.21 bits per heavy atom. The number of rotatable bonds is 5. The van der Waals surface area contributed by atoms with Gasteiger partial charge >= 0.3 is 5.97 Å². The summed E-state index contributed by atoms with van der Waals surface area (Å²) in [6, 6.07) is 0. The highest BCUT2D eigenvalue weighted by Crippen LogP contribution is 2.05. The highest BCUT2D eigenvalue weighted by molar-refractivity contribution is 5.75. The van der Waals surface area contributed by atoms with E-state index in [0.29, 0.717) is 0 Å². The van der Waals surface area contributed by atoms with Gasteiger partial charge in [0.15, 0.2) is 12.4 Å². The van der Waals surface area contributed by atoms with Crippen LogP contribution < -0.4 is 0 Å². The Hall–Kier alpha value is -1.02. The molecule has 7 heteroatoms. The molecule has 0 saturated heterocycles. The first-order valence-electron chi connectivity index (χ1n) is 3.71. The zero-order chi connectivity index (χ0) is 11.3. The average molecular weight is 208 g/mol. The molecule has 0 radical (unpaired) electrons. The molecule has 82 valence electrons. The van der Waals surface area contributed by atoms with Crippen molar-refractivity contribution in [2.24, 2.45) is 0 Å². The molecular weight excluding hydrogens is 196 g/mol. The SMILES string of the molecule is COC(=O)[C@@H](O)[C@H](O)[C@H](O)[C@H](O)C=O. The van der Waals surface area contributed by atoms with Gasteiger partial charge in [-0.25, -0.2) is 4.79 Å². The van der Waals surface area contributed by atoms with Crippen molar-refractivity contribution in [2.45, 2.75) is 24.4 Å². The minimum atomic E-state index is -2.01. The van der Waals surface area contributed by atoms with Crippen molar-refractivity contribution in [3.05, 3.63) is 0 Å². The number of ether oxygens (including phenoxy) is 1. The predicted molar refractivity (Wildman–Crippen MR) is 42.1 cm³/mol. The molecule has 0 heterocycles. The first-order chi connectivity index (χ1) is 6.45. The molecule has 7 nitrogen and oxygen atoms in total. The fourth-order valence-corrected chi connectivity index (χ4v) is 0.729. The summed E-state index contributed by atoms with van der Waals surface area (Å²) in [4.78, 5) is 20.6. The lowest BCUT2D eigenvalue weighted by molar-refractivity contribution is -0.166. The molecule has 0 unspecified atom stereocenters. The normalized spacial score (nSPS) is 19.2. The van der Waals surface area contributed by atoms with Gasteiger partial charge in [-0.2, -0.15) is 0 Å². The molecule has 0 aliphatic rings. The summed E-state index contributed by atoms with van der Waals surface area (Å²) in [5, 5.41) is 35.8. The topological polar surface area (TPSA) is 124 Å². The highest BCUT2D eigenvalue weighted by Gasteiger charge is 2.34. The van der Waals surface area contributed by atoms with Gasteiger partial charge in [0.1, 0.15) is 18.3 Å². The third-order valence-corrected chi connectivity index (χ3v) is 1.61. The molecule has 0 aromatic carbocycles. The average Bonchev–Trinajstić information content (AvgIpc) is 2.23. The van der Waals surface area contributed by atoms with Crippen molar-refractivity contribution in [3.63, 3.8) is 0 Å². The highest BCUT2D eigenvalue weighted by atomic mass is 16.5. The Kier molecular flexibility index (Phi) is 5.24. The monoisotopic (exact) mass is 208 g/mol. The fraction of sp³-hybridized carbons (Fsp3) is 0.714. The van der Waals surface area contributed by atoms with Crippen LogP contribution >= 0.6 is 0 Å². The third kappa shape index (κ3) is 3.04. The Morgan fingerprint density at radius 3 is 2.07 bits per heavy atom. The number of aldehydes is 1. The van der Waals surface area contributed by atoms with Crippen LogP contribution in [0.15, 0.2) is 0 Å². The summed E-state index contributed by atoms with van der Waals surface area (Å²) in [5.74, 6) is -1.17. The molecule has 0 aromatic rings. The number of aliphatic hydroxyl groups excluding tert-OH is 4. The maximum absolute atomic E-state index is 10.7. The predicted octanol–water partition coefficient (Wildman–Crippen LogP) is -3.20. The number of methoxy groups -OCH3 is 1. The second-order valence-corrected chi connectivity index (χ2v) is 2.58. The summed E-state index contributed by atoms with van der Waals surface area (Å²) >= 11 is 0. The zero-order valence-electron chi connectivity index (χ0n) is 7.40. The number of aliphatic hydroxyl groups is 4. The van der Waals surface area contributed by atoms with E-state index < -0.39 is 30.4 Å². The molecule has 0 aliphatic heterocycles. The van der Waals surface area contributed by atoms with E-state index in [4.69, 9.17) is 20.4 Å². The third-order valence-electron chi connectivity index (χ3n) is 1.61. The van der Waals surface area contributed by atoms with E-state index >= 15 is 0 Å². The Bertz CT molecular complexity index is 204. The quantitative estimate of drug-likeness (QED) is 0.277. The van der Waals surface area contributed by atoms with E-state index in [1.807, 2.05) is 0 Å². The summed E-state index contributed by atoms with van der Waals surface area (Å²) in [5.41, 5.74) is 0. The fourth-order valence-electron chi connectivity index (χ4n) is 0.729. The van der Waals surface area contributed by atoms with Crippen LogP contribution in [0.25, 0.3) is 0 Å². The number of carbonyl (C=O) groups is 2. The number of carbonyl (C=O) groups excluding carboxylic acids is 2. The van der Waals surface area contributed by atoms with Gasteiger partial charge in [-0.15, -0.1) is 0 Å². The number of hydrogen-bond donors (Lipinski definition) is 4. The first-order valence-corrected chi connectivity index (χ1v) is 3.71. The smallest absolute Gasteiger partial charge is 0.337 e. The van der Waals surface area contributed by atoms with E-state index in [0.717, 1.165) is 7.11 Å². The molecule has 0 spiro atoms. The lowest BCUT2D eigenvalue weighted by Gasteiger charge is -2.22. The van der Waals surface area contributed by atoms with Crippen LogP contribution in [0.2, 0.25) is 0 Å². The second kappa shape index (κ2) is 5.66. The van der Waals surface area contributed by atoms with Crippen molar-refractivity contribution >= 4 is 12.3 Å². The Morgan fingerprint density at radius 2 is 1.71 bits per heavy atom. The van der Waals surface area contributed by atoms with Crippen molar-refractivity contribution in [3.8, 4) is 0 Å². The second-order valence-electron chi connectivity index (χ2n) is 2.58. The van der Waals surface area contributed by atoms with Gasteiger partial charge in [0.05, 0.1) is 7.11 Å². The molecule has 0 aliphatic carbocycles. The van der Waals surface area contributed by atoms with Gasteiger partial charge in [0, 0.05) is 0 Å². The Labute approximate surface area is 79.5 Å². The van der Waals surface area contributed by atoms with Crippen molar-refractivity contribution in [1.82, 2.24) is 0 Å². The largest absolute Gasteiger partial charge is 0.467 e.